The number of fused-ring (bicyclic) bond motifs is 1. The molecule has 1 fully saturated rings. The van der Waals surface area contributed by atoms with Crippen molar-refractivity contribution in [2.75, 3.05) is 32.7 Å². The molecule has 6 nitrogen and oxygen atoms in total. The third-order valence-electron chi connectivity index (χ3n) is 4.78. The first-order valence-corrected chi connectivity index (χ1v) is 9.51. The zero-order chi connectivity index (χ0) is 18.6. The van der Waals surface area contributed by atoms with Gasteiger partial charge in [-0.25, -0.2) is 4.39 Å². The predicted octanol–water partition coefficient (Wildman–Crippen LogP) is 2.29. The van der Waals surface area contributed by atoms with Gasteiger partial charge in [0.2, 0.25) is 0 Å². The number of hydrogen-bond acceptors (Lipinski definition) is 6. The van der Waals surface area contributed by atoms with E-state index in [-0.39, 0.29) is 12.4 Å². The second-order valence-electron chi connectivity index (χ2n) is 6.63. The van der Waals surface area contributed by atoms with E-state index in [1.54, 1.807) is 12.4 Å². The molecule has 1 aromatic carbocycles. The Labute approximate surface area is 162 Å². The minimum Gasteiger partial charge on any atom is -0.383 e. The van der Waals surface area contributed by atoms with Crippen LogP contribution in [-0.2, 0) is 6.54 Å². The first-order chi connectivity index (χ1) is 13.2. The van der Waals surface area contributed by atoms with E-state index in [1.165, 1.54) is 0 Å². The van der Waals surface area contributed by atoms with E-state index in [4.69, 9.17) is 11.6 Å². The lowest BCUT2D eigenvalue weighted by atomic mass is 10.1. The molecule has 1 saturated heterocycles. The Morgan fingerprint density at radius 1 is 1.15 bits per heavy atom. The average molecular weight is 389 g/mol. The van der Waals surface area contributed by atoms with Crippen molar-refractivity contribution in [1.29, 1.82) is 0 Å². The van der Waals surface area contributed by atoms with Crippen LogP contribution in [0.2, 0.25) is 5.02 Å². The van der Waals surface area contributed by atoms with Crippen molar-refractivity contribution >= 4 is 22.6 Å². The van der Waals surface area contributed by atoms with Crippen LogP contribution in [0, 0.1) is 0 Å². The molecule has 1 aromatic heterocycles. The molecule has 27 heavy (non-hydrogen) atoms. The van der Waals surface area contributed by atoms with Crippen molar-refractivity contribution in [3.05, 3.63) is 58.5 Å². The standard InChI is InChI=1S/C19H22ClFN6/c20-14-9-17-16(24-3-4-25-17)8-13(14)10-26-18-12-23-11-15(21)19(18)27-6-1-2-22-5-7-27/h3-4,8-9,12,22-23,26H,1-2,5-7,10-11H2. The number of benzene rings is 1. The van der Waals surface area contributed by atoms with E-state index in [1.807, 2.05) is 18.3 Å². The molecule has 3 N–H and O–H groups in total. The van der Waals surface area contributed by atoms with Gasteiger partial charge in [-0.3, -0.25) is 9.97 Å². The molecule has 0 unspecified atom stereocenters. The monoisotopic (exact) mass is 388 g/mol. The fraction of sp³-hybridized carbons (Fsp3) is 0.368. The molecule has 2 aliphatic heterocycles. The van der Waals surface area contributed by atoms with Gasteiger partial charge in [-0.2, -0.15) is 0 Å². The summed E-state index contributed by atoms with van der Waals surface area (Å²) in [4.78, 5) is 10.7. The third kappa shape index (κ3) is 3.99. The van der Waals surface area contributed by atoms with Gasteiger partial charge in [-0.15, -0.1) is 0 Å². The van der Waals surface area contributed by atoms with Crippen molar-refractivity contribution in [2.24, 2.45) is 0 Å². The summed E-state index contributed by atoms with van der Waals surface area (Å²) in [5.41, 5.74) is 3.84. The molecule has 0 bridgehead atoms. The van der Waals surface area contributed by atoms with E-state index >= 15 is 0 Å². The fourth-order valence-corrected chi connectivity index (χ4v) is 3.67. The molecule has 8 heteroatoms. The Morgan fingerprint density at radius 3 is 2.81 bits per heavy atom. The predicted molar refractivity (Wildman–Crippen MR) is 105 cm³/mol. The number of aromatic nitrogens is 2. The van der Waals surface area contributed by atoms with Crippen LogP contribution in [0.25, 0.3) is 11.0 Å². The maximum Gasteiger partial charge on any atom is 0.144 e. The van der Waals surface area contributed by atoms with Crippen LogP contribution in [0.1, 0.15) is 12.0 Å². The molecule has 0 radical (unpaired) electrons. The summed E-state index contributed by atoms with van der Waals surface area (Å²) in [6, 6.07) is 3.73. The van der Waals surface area contributed by atoms with Crippen molar-refractivity contribution in [2.45, 2.75) is 13.0 Å². The second kappa shape index (κ2) is 8.10. The first kappa shape index (κ1) is 18.0. The zero-order valence-electron chi connectivity index (χ0n) is 14.9. The Hall–Kier alpha value is -2.38. The summed E-state index contributed by atoms with van der Waals surface area (Å²) in [5, 5.41) is 10.3. The van der Waals surface area contributed by atoms with Gasteiger partial charge in [0.25, 0.3) is 0 Å². The van der Waals surface area contributed by atoms with Crippen LogP contribution in [0.5, 0.6) is 0 Å². The largest absolute Gasteiger partial charge is 0.383 e. The number of nitrogens with one attached hydrogen (secondary N) is 3. The van der Waals surface area contributed by atoms with E-state index in [0.717, 1.165) is 54.9 Å². The molecule has 3 heterocycles. The van der Waals surface area contributed by atoms with Crippen LogP contribution in [-0.4, -0.2) is 47.6 Å². The molecule has 4 rings (SSSR count). The van der Waals surface area contributed by atoms with E-state index in [0.29, 0.717) is 17.3 Å². The lowest BCUT2D eigenvalue weighted by Gasteiger charge is -2.30. The summed E-state index contributed by atoms with van der Waals surface area (Å²) in [6.07, 6.45) is 6.13. The lowest BCUT2D eigenvalue weighted by Crippen LogP contribution is -2.36. The van der Waals surface area contributed by atoms with Gasteiger partial charge in [0.05, 0.1) is 29.0 Å². The normalized spacial score (nSPS) is 18.1. The molecule has 0 saturated carbocycles. The maximum atomic E-state index is 14.7. The highest BCUT2D eigenvalue weighted by Gasteiger charge is 2.23. The molecule has 0 atom stereocenters. The van der Waals surface area contributed by atoms with Crippen molar-refractivity contribution < 1.29 is 4.39 Å². The van der Waals surface area contributed by atoms with Gasteiger partial charge in [0.1, 0.15) is 5.83 Å². The molecule has 0 amide bonds. The molecule has 0 aliphatic carbocycles. The highest BCUT2D eigenvalue weighted by atomic mass is 35.5. The molecular weight excluding hydrogens is 367 g/mol. The quantitative estimate of drug-likeness (QED) is 0.747. The Kier molecular flexibility index (Phi) is 5.40. The van der Waals surface area contributed by atoms with Crippen LogP contribution in [0.15, 0.2) is 47.9 Å². The Balaban J connectivity index is 1.54. The van der Waals surface area contributed by atoms with Crippen LogP contribution >= 0.6 is 11.6 Å². The van der Waals surface area contributed by atoms with Crippen LogP contribution in [0.4, 0.5) is 4.39 Å². The van der Waals surface area contributed by atoms with Gasteiger partial charge in [-0.1, -0.05) is 11.6 Å². The summed E-state index contributed by atoms with van der Waals surface area (Å²) in [7, 11) is 0. The molecule has 2 aliphatic rings. The average Bonchev–Trinajstić information content (AvgIpc) is 2.95. The first-order valence-electron chi connectivity index (χ1n) is 9.13. The number of hydrogen-bond donors (Lipinski definition) is 3. The topological polar surface area (TPSA) is 65.1 Å². The highest BCUT2D eigenvalue weighted by Crippen LogP contribution is 2.25. The second-order valence-corrected chi connectivity index (χ2v) is 7.03. The van der Waals surface area contributed by atoms with Crippen molar-refractivity contribution in [3.63, 3.8) is 0 Å². The van der Waals surface area contributed by atoms with Gasteiger partial charge >= 0.3 is 0 Å². The van der Waals surface area contributed by atoms with E-state index in [9.17, 15) is 4.39 Å². The SMILES string of the molecule is FC1=C(N2CCCNCC2)C(NCc2cc3nccnc3cc2Cl)=CNC1. The summed E-state index contributed by atoms with van der Waals surface area (Å²) in [5.74, 6) is -0.141. The minimum atomic E-state index is -0.141. The molecular formula is C19H22ClFN6. The summed E-state index contributed by atoms with van der Waals surface area (Å²) < 4.78 is 14.7. The maximum absolute atomic E-state index is 14.7. The number of halogens is 2. The van der Waals surface area contributed by atoms with E-state index in [2.05, 4.69) is 30.8 Å². The third-order valence-corrected chi connectivity index (χ3v) is 5.13. The van der Waals surface area contributed by atoms with Crippen molar-refractivity contribution in [1.82, 2.24) is 30.8 Å². The lowest BCUT2D eigenvalue weighted by molar-refractivity contribution is 0.346. The van der Waals surface area contributed by atoms with Gasteiger partial charge in [-0.05, 0) is 30.7 Å². The fourth-order valence-electron chi connectivity index (χ4n) is 3.44. The molecule has 2 aromatic rings. The van der Waals surface area contributed by atoms with Crippen LogP contribution < -0.4 is 16.0 Å². The summed E-state index contributed by atoms with van der Waals surface area (Å²) >= 11 is 6.41. The van der Waals surface area contributed by atoms with Gasteiger partial charge < -0.3 is 20.9 Å². The smallest absolute Gasteiger partial charge is 0.144 e. The Morgan fingerprint density at radius 2 is 1.96 bits per heavy atom. The van der Waals surface area contributed by atoms with Gasteiger partial charge in [0.15, 0.2) is 0 Å². The number of nitrogens with zero attached hydrogens (tertiary/aromatic N) is 3. The Bertz CT molecular complexity index is 889. The molecule has 142 valence electrons. The van der Waals surface area contributed by atoms with Crippen LogP contribution in [0.3, 0.4) is 0 Å². The highest BCUT2D eigenvalue weighted by molar-refractivity contribution is 6.32. The van der Waals surface area contributed by atoms with Crippen molar-refractivity contribution in [3.8, 4) is 0 Å². The zero-order valence-corrected chi connectivity index (χ0v) is 15.7. The van der Waals surface area contributed by atoms with Gasteiger partial charge in [0, 0.05) is 49.8 Å². The number of dihydropyridines is 1. The van der Waals surface area contributed by atoms with E-state index < -0.39 is 0 Å². The number of rotatable bonds is 4. The summed E-state index contributed by atoms with van der Waals surface area (Å²) in [6.45, 7) is 4.13. The minimum absolute atomic E-state index is 0.141. The molecule has 0 spiro atoms.